The molecule has 0 aromatic heterocycles. The van der Waals surface area contributed by atoms with Gasteiger partial charge in [0.15, 0.2) is 0 Å². The van der Waals surface area contributed by atoms with Crippen LogP contribution >= 0.6 is 7.26 Å². The average Bonchev–Trinajstić information content (AvgIpc) is 2.59. The van der Waals surface area contributed by atoms with Gasteiger partial charge < -0.3 is 5.32 Å². The summed E-state index contributed by atoms with van der Waals surface area (Å²) in [6.45, 7) is 6.51. The van der Waals surface area contributed by atoms with Crippen molar-refractivity contribution in [1.82, 2.24) is 0 Å². The smallest absolute Gasteiger partial charge is 0.261 e. The van der Waals surface area contributed by atoms with Gasteiger partial charge in [-0.3, -0.25) is 4.79 Å². The molecule has 110 valence electrons. The van der Waals surface area contributed by atoms with Crippen LogP contribution in [-0.4, -0.2) is 31.1 Å². The second kappa shape index (κ2) is 6.72. The first kappa shape index (κ1) is 15.5. The maximum absolute atomic E-state index is 12.4. The molecule has 2 nitrogen and oxygen atoms in total. The number of hydrogen-bond acceptors (Lipinski definition) is 1. The number of para-hydroxylation sites is 1. The quantitative estimate of drug-likeness (QED) is 0.819. The van der Waals surface area contributed by atoms with Gasteiger partial charge in [0.25, 0.3) is 5.91 Å². The molecule has 1 N–H and O–H groups in total. The van der Waals surface area contributed by atoms with Crippen LogP contribution in [0.1, 0.15) is 36.8 Å². The van der Waals surface area contributed by atoms with E-state index in [2.05, 4.69) is 38.0 Å². The zero-order valence-corrected chi connectivity index (χ0v) is 13.9. The lowest BCUT2D eigenvalue weighted by Crippen LogP contribution is -2.21. The van der Waals surface area contributed by atoms with Gasteiger partial charge in [-0.2, -0.15) is 0 Å². The number of anilines is 1. The fourth-order valence-corrected chi connectivity index (χ4v) is 6.43. The highest BCUT2D eigenvalue weighted by atomic mass is 31.2. The number of aryl methyl sites for hydroxylation is 2. The molecule has 0 aliphatic carbocycles. The van der Waals surface area contributed by atoms with E-state index in [1.165, 1.54) is 38.0 Å². The molecule has 2 rings (SSSR count). The van der Waals surface area contributed by atoms with Crippen molar-refractivity contribution >= 4 is 18.9 Å². The van der Waals surface area contributed by atoms with Gasteiger partial charge in [0.2, 0.25) is 0 Å². The number of rotatable bonds is 3. The molecule has 1 fully saturated rings. The highest BCUT2D eigenvalue weighted by Gasteiger charge is 2.35. The van der Waals surface area contributed by atoms with Crippen molar-refractivity contribution < 1.29 is 4.79 Å². The summed E-state index contributed by atoms with van der Waals surface area (Å²) in [6.07, 6.45) is 8.71. The predicted octanol–water partition coefficient (Wildman–Crippen LogP) is 4.46. The molecule has 0 radical (unpaired) electrons. The maximum Gasteiger partial charge on any atom is 0.261 e. The van der Waals surface area contributed by atoms with Crippen LogP contribution in [0.4, 0.5) is 5.69 Å². The standard InChI is InChI=1S/C17H26NOP/c1-14-9-8-10-15(2)17(14)18-16(19)13-20(3)11-6-4-5-7-12-20/h8-10H,4-7,11-13H2,1-3H3/p+1. The molecule has 1 saturated heterocycles. The minimum atomic E-state index is -1.04. The first-order valence-electron chi connectivity index (χ1n) is 7.70. The topological polar surface area (TPSA) is 29.1 Å². The summed E-state index contributed by atoms with van der Waals surface area (Å²) in [7, 11) is -1.04. The van der Waals surface area contributed by atoms with E-state index in [1.54, 1.807) is 0 Å². The normalized spacial score (nSPS) is 18.4. The molecule has 1 heterocycles. The zero-order chi connectivity index (χ0) is 14.6. The summed E-state index contributed by atoms with van der Waals surface area (Å²) in [6, 6.07) is 6.16. The van der Waals surface area contributed by atoms with Crippen LogP contribution in [-0.2, 0) is 4.79 Å². The number of benzene rings is 1. The summed E-state index contributed by atoms with van der Waals surface area (Å²) in [5.41, 5.74) is 3.32. The van der Waals surface area contributed by atoms with Gasteiger partial charge in [-0.15, -0.1) is 0 Å². The first-order chi connectivity index (χ1) is 9.50. The Morgan fingerprint density at radius 1 is 1.10 bits per heavy atom. The zero-order valence-electron chi connectivity index (χ0n) is 13.0. The molecule has 20 heavy (non-hydrogen) atoms. The van der Waals surface area contributed by atoms with Gasteiger partial charge in [-0.1, -0.05) is 18.2 Å². The van der Waals surface area contributed by atoms with Crippen LogP contribution in [0, 0.1) is 13.8 Å². The molecule has 0 saturated carbocycles. The third-order valence-electron chi connectivity index (χ3n) is 4.42. The van der Waals surface area contributed by atoms with Crippen molar-refractivity contribution in [2.75, 3.05) is 30.5 Å². The Bertz CT molecular complexity index is 456. The molecule has 0 unspecified atom stereocenters. The van der Waals surface area contributed by atoms with Gasteiger partial charge in [0.05, 0.1) is 12.3 Å². The molecule has 1 amide bonds. The van der Waals surface area contributed by atoms with Gasteiger partial charge >= 0.3 is 0 Å². The van der Waals surface area contributed by atoms with Crippen molar-refractivity contribution in [3.63, 3.8) is 0 Å². The molecular weight excluding hydrogens is 265 g/mol. The summed E-state index contributed by atoms with van der Waals surface area (Å²) >= 11 is 0. The van der Waals surface area contributed by atoms with E-state index in [1.807, 2.05) is 6.07 Å². The van der Waals surface area contributed by atoms with Gasteiger partial charge in [-0.05, 0) is 50.7 Å². The number of hydrogen-bond donors (Lipinski definition) is 1. The van der Waals surface area contributed by atoms with Crippen molar-refractivity contribution in [2.24, 2.45) is 0 Å². The average molecular weight is 292 g/mol. The molecule has 1 aromatic rings. The van der Waals surface area contributed by atoms with E-state index in [9.17, 15) is 4.79 Å². The van der Waals surface area contributed by atoms with Gasteiger partial charge in [0, 0.05) is 19.6 Å². The van der Waals surface area contributed by atoms with Gasteiger partial charge in [-0.25, -0.2) is 0 Å². The van der Waals surface area contributed by atoms with Crippen LogP contribution in [0.5, 0.6) is 0 Å². The summed E-state index contributed by atoms with van der Waals surface area (Å²) in [5.74, 6) is 0.222. The molecule has 1 aliphatic heterocycles. The summed E-state index contributed by atoms with van der Waals surface area (Å²) in [4.78, 5) is 12.4. The van der Waals surface area contributed by atoms with E-state index in [0.717, 1.165) is 23.0 Å². The second-order valence-electron chi connectivity index (χ2n) is 6.45. The van der Waals surface area contributed by atoms with Crippen molar-refractivity contribution in [2.45, 2.75) is 39.5 Å². The SMILES string of the molecule is Cc1cccc(C)c1NC(=O)C[P+]1(C)CCCCCC1. The van der Waals surface area contributed by atoms with Crippen LogP contribution in [0.25, 0.3) is 0 Å². The van der Waals surface area contributed by atoms with E-state index in [4.69, 9.17) is 0 Å². The third-order valence-corrected chi connectivity index (χ3v) is 8.26. The summed E-state index contributed by atoms with van der Waals surface area (Å²) < 4.78 is 0. The fourth-order valence-electron chi connectivity index (χ4n) is 3.15. The lowest BCUT2D eigenvalue weighted by atomic mass is 10.1. The fraction of sp³-hybridized carbons (Fsp3) is 0.588. The molecule has 0 atom stereocenters. The monoisotopic (exact) mass is 292 g/mol. The molecular formula is C17H27NOP+. The minimum absolute atomic E-state index is 0.222. The Morgan fingerprint density at radius 2 is 1.65 bits per heavy atom. The molecule has 1 aliphatic rings. The highest BCUT2D eigenvalue weighted by Crippen LogP contribution is 2.57. The largest absolute Gasteiger partial charge is 0.322 e. The number of carbonyl (C=O) groups is 1. The van der Waals surface area contributed by atoms with E-state index in [-0.39, 0.29) is 5.91 Å². The molecule has 3 heteroatoms. The lowest BCUT2D eigenvalue weighted by Gasteiger charge is -2.21. The van der Waals surface area contributed by atoms with Crippen LogP contribution in [0.3, 0.4) is 0 Å². The van der Waals surface area contributed by atoms with E-state index in [0.29, 0.717) is 0 Å². The van der Waals surface area contributed by atoms with E-state index < -0.39 is 7.26 Å². The number of amides is 1. The second-order valence-corrected chi connectivity index (χ2v) is 10.9. The number of carbonyl (C=O) groups excluding carboxylic acids is 1. The Labute approximate surface area is 123 Å². The molecule has 0 spiro atoms. The Balaban J connectivity index is 2.01. The Kier molecular flexibility index (Phi) is 5.21. The lowest BCUT2D eigenvalue weighted by molar-refractivity contribution is -0.113. The highest BCUT2D eigenvalue weighted by molar-refractivity contribution is 7.76. The van der Waals surface area contributed by atoms with Crippen molar-refractivity contribution in [1.29, 1.82) is 0 Å². The minimum Gasteiger partial charge on any atom is -0.322 e. The van der Waals surface area contributed by atoms with Crippen molar-refractivity contribution in [3.8, 4) is 0 Å². The first-order valence-corrected chi connectivity index (χ1v) is 10.5. The van der Waals surface area contributed by atoms with Crippen LogP contribution < -0.4 is 5.32 Å². The number of nitrogens with one attached hydrogen (secondary N) is 1. The Hall–Kier alpha value is -0.880. The molecule has 1 aromatic carbocycles. The molecule has 0 bridgehead atoms. The predicted molar refractivity (Wildman–Crippen MR) is 90.5 cm³/mol. The van der Waals surface area contributed by atoms with Crippen molar-refractivity contribution in [3.05, 3.63) is 29.3 Å². The van der Waals surface area contributed by atoms with Crippen LogP contribution in [0.15, 0.2) is 18.2 Å². The van der Waals surface area contributed by atoms with Gasteiger partial charge in [0.1, 0.15) is 6.16 Å². The van der Waals surface area contributed by atoms with Crippen LogP contribution in [0.2, 0.25) is 0 Å². The Morgan fingerprint density at radius 3 is 2.20 bits per heavy atom. The summed E-state index contributed by atoms with van der Waals surface area (Å²) in [5, 5.41) is 3.16. The van der Waals surface area contributed by atoms with E-state index >= 15 is 0 Å². The maximum atomic E-state index is 12.4. The third kappa shape index (κ3) is 4.06.